The molecule has 0 saturated carbocycles. The van der Waals surface area contributed by atoms with Crippen molar-refractivity contribution < 1.29 is 13.9 Å². The van der Waals surface area contributed by atoms with Crippen molar-refractivity contribution in [1.29, 1.82) is 0 Å². The number of aromatic nitrogens is 1. The van der Waals surface area contributed by atoms with Crippen LogP contribution in [-0.2, 0) is 11.2 Å². The standard InChI is InChI=1S/C25H26N2O4/c1-14-11-21(23-15(2)16(3)25(29)31-22(23)12-14)30-17(4)24(28)26-10-9-18-13-27-20-8-6-5-7-19(18)20/h5-8,11-13,17,27H,9-10H2,1-4H3,(H,26,28)/t17-/m0/s1. The minimum absolute atomic E-state index is 0.193. The summed E-state index contributed by atoms with van der Waals surface area (Å²) >= 11 is 0. The van der Waals surface area contributed by atoms with Crippen LogP contribution in [0, 0.1) is 20.8 Å². The molecular weight excluding hydrogens is 392 g/mol. The number of amides is 1. The first-order valence-electron chi connectivity index (χ1n) is 10.4. The van der Waals surface area contributed by atoms with Gasteiger partial charge < -0.3 is 19.5 Å². The first-order chi connectivity index (χ1) is 14.8. The highest BCUT2D eigenvalue weighted by atomic mass is 16.5. The maximum atomic E-state index is 12.6. The van der Waals surface area contributed by atoms with E-state index in [1.54, 1.807) is 13.8 Å². The van der Waals surface area contributed by atoms with E-state index in [0.717, 1.165) is 34.0 Å². The molecule has 0 spiro atoms. The molecule has 4 aromatic rings. The van der Waals surface area contributed by atoms with Crippen molar-refractivity contribution in [1.82, 2.24) is 10.3 Å². The average molecular weight is 418 g/mol. The van der Waals surface area contributed by atoms with Crippen LogP contribution >= 0.6 is 0 Å². The summed E-state index contributed by atoms with van der Waals surface area (Å²) < 4.78 is 11.5. The fourth-order valence-corrected chi connectivity index (χ4v) is 3.83. The Kier molecular flexibility index (Phi) is 5.55. The highest BCUT2D eigenvalue weighted by Gasteiger charge is 2.19. The third-order valence-corrected chi connectivity index (χ3v) is 5.70. The van der Waals surface area contributed by atoms with Crippen molar-refractivity contribution in [3.63, 3.8) is 0 Å². The topological polar surface area (TPSA) is 84.3 Å². The van der Waals surface area contributed by atoms with Crippen LogP contribution in [0.5, 0.6) is 5.75 Å². The predicted molar refractivity (Wildman–Crippen MR) is 122 cm³/mol. The van der Waals surface area contributed by atoms with Crippen molar-refractivity contribution in [2.24, 2.45) is 0 Å². The summed E-state index contributed by atoms with van der Waals surface area (Å²) in [6.07, 6.45) is 2.01. The van der Waals surface area contributed by atoms with Crippen LogP contribution in [-0.4, -0.2) is 23.5 Å². The molecule has 6 heteroatoms. The SMILES string of the molecule is Cc1cc(O[C@@H](C)C(=O)NCCc2c[nH]c3ccccc23)c2c(C)c(C)c(=O)oc2c1. The van der Waals surface area contributed by atoms with Gasteiger partial charge in [-0.05, 0) is 69.0 Å². The summed E-state index contributed by atoms with van der Waals surface area (Å²) in [5.74, 6) is 0.347. The maximum absolute atomic E-state index is 12.6. The highest BCUT2D eigenvalue weighted by Crippen LogP contribution is 2.31. The fourth-order valence-electron chi connectivity index (χ4n) is 3.83. The molecule has 160 valence electrons. The predicted octanol–water partition coefficient (Wildman–Crippen LogP) is 4.33. The molecule has 2 aromatic heterocycles. The normalized spacial score (nSPS) is 12.3. The summed E-state index contributed by atoms with van der Waals surface area (Å²) in [5.41, 5.74) is 4.59. The number of fused-ring (bicyclic) bond motifs is 2. The van der Waals surface area contributed by atoms with E-state index < -0.39 is 6.10 Å². The number of H-pyrrole nitrogens is 1. The van der Waals surface area contributed by atoms with Crippen molar-refractivity contribution >= 4 is 27.8 Å². The van der Waals surface area contributed by atoms with E-state index in [1.807, 2.05) is 50.4 Å². The van der Waals surface area contributed by atoms with Gasteiger partial charge in [-0.1, -0.05) is 18.2 Å². The quantitative estimate of drug-likeness (QED) is 0.457. The Balaban J connectivity index is 1.47. The third kappa shape index (κ3) is 4.06. The number of hydrogen-bond acceptors (Lipinski definition) is 4. The Morgan fingerprint density at radius 3 is 2.74 bits per heavy atom. The molecule has 6 nitrogen and oxygen atoms in total. The summed E-state index contributed by atoms with van der Waals surface area (Å²) in [7, 11) is 0. The Hall–Kier alpha value is -3.54. The van der Waals surface area contributed by atoms with E-state index in [9.17, 15) is 9.59 Å². The summed E-state index contributed by atoms with van der Waals surface area (Å²) in [6.45, 7) is 7.72. The van der Waals surface area contributed by atoms with Crippen LogP contribution < -0.4 is 15.7 Å². The van der Waals surface area contributed by atoms with Crippen molar-refractivity contribution in [2.45, 2.75) is 40.2 Å². The van der Waals surface area contributed by atoms with Crippen molar-refractivity contribution in [3.05, 3.63) is 75.3 Å². The minimum Gasteiger partial charge on any atom is -0.480 e. The molecule has 0 saturated heterocycles. The Bertz CT molecular complexity index is 1330. The number of aromatic amines is 1. The Labute approximate surface area is 180 Å². The number of hydrogen-bond donors (Lipinski definition) is 2. The number of benzene rings is 2. The molecule has 31 heavy (non-hydrogen) atoms. The molecule has 0 unspecified atom stereocenters. The number of rotatable bonds is 6. The maximum Gasteiger partial charge on any atom is 0.339 e. The van der Waals surface area contributed by atoms with Gasteiger partial charge in [0, 0.05) is 29.2 Å². The summed E-state index contributed by atoms with van der Waals surface area (Å²) in [6, 6.07) is 11.8. The van der Waals surface area contributed by atoms with Crippen LogP contribution in [0.1, 0.15) is 29.2 Å². The molecule has 2 aromatic carbocycles. The zero-order valence-corrected chi connectivity index (χ0v) is 18.2. The zero-order chi connectivity index (χ0) is 22.1. The Morgan fingerprint density at radius 1 is 1.16 bits per heavy atom. The molecule has 2 heterocycles. The van der Waals surface area contributed by atoms with Gasteiger partial charge in [0.25, 0.3) is 5.91 Å². The van der Waals surface area contributed by atoms with Gasteiger partial charge in [-0.25, -0.2) is 4.79 Å². The number of ether oxygens (including phenoxy) is 1. The lowest BCUT2D eigenvalue weighted by Crippen LogP contribution is -2.37. The van der Waals surface area contributed by atoms with E-state index in [4.69, 9.17) is 9.15 Å². The van der Waals surface area contributed by atoms with Crippen LogP contribution in [0.3, 0.4) is 0 Å². The van der Waals surface area contributed by atoms with E-state index >= 15 is 0 Å². The lowest BCUT2D eigenvalue weighted by molar-refractivity contribution is -0.127. The largest absolute Gasteiger partial charge is 0.480 e. The van der Waals surface area contributed by atoms with Crippen LogP contribution in [0.15, 0.2) is 51.8 Å². The van der Waals surface area contributed by atoms with Crippen molar-refractivity contribution in [2.75, 3.05) is 6.54 Å². The second kappa shape index (κ2) is 8.30. The van der Waals surface area contributed by atoms with Gasteiger partial charge in [-0.15, -0.1) is 0 Å². The van der Waals surface area contributed by atoms with Gasteiger partial charge in [-0.2, -0.15) is 0 Å². The number of aryl methyl sites for hydroxylation is 2. The number of nitrogens with one attached hydrogen (secondary N) is 2. The molecule has 0 radical (unpaired) electrons. The first-order valence-corrected chi connectivity index (χ1v) is 10.4. The van der Waals surface area contributed by atoms with Crippen LogP contribution in [0.25, 0.3) is 21.9 Å². The van der Waals surface area contributed by atoms with Crippen LogP contribution in [0.2, 0.25) is 0 Å². The summed E-state index contributed by atoms with van der Waals surface area (Å²) in [4.78, 5) is 27.9. The molecule has 0 fully saturated rings. The van der Waals surface area contributed by atoms with E-state index in [0.29, 0.717) is 23.4 Å². The number of para-hydroxylation sites is 1. The molecule has 0 aliphatic heterocycles. The smallest absolute Gasteiger partial charge is 0.339 e. The molecule has 0 aliphatic carbocycles. The van der Waals surface area contributed by atoms with Gasteiger partial charge in [0.05, 0.1) is 5.39 Å². The number of carbonyl (C=O) groups excluding carboxylic acids is 1. The summed E-state index contributed by atoms with van der Waals surface area (Å²) in [5, 5.41) is 4.84. The fraction of sp³-hybridized carbons (Fsp3) is 0.280. The van der Waals surface area contributed by atoms with E-state index in [1.165, 1.54) is 5.39 Å². The Morgan fingerprint density at radius 2 is 1.94 bits per heavy atom. The van der Waals surface area contributed by atoms with Crippen LogP contribution in [0.4, 0.5) is 0 Å². The molecule has 4 rings (SSSR count). The molecule has 0 bridgehead atoms. The zero-order valence-electron chi connectivity index (χ0n) is 18.2. The molecular formula is C25H26N2O4. The first kappa shape index (κ1) is 20.7. The third-order valence-electron chi connectivity index (χ3n) is 5.70. The molecule has 1 amide bonds. The van der Waals surface area contributed by atoms with Gasteiger partial charge in [0.1, 0.15) is 11.3 Å². The van der Waals surface area contributed by atoms with Crippen molar-refractivity contribution in [3.8, 4) is 5.75 Å². The number of carbonyl (C=O) groups is 1. The minimum atomic E-state index is -0.695. The average Bonchev–Trinajstić information content (AvgIpc) is 3.14. The van der Waals surface area contributed by atoms with E-state index in [-0.39, 0.29) is 11.5 Å². The van der Waals surface area contributed by atoms with Gasteiger partial charge in [0.15, 0.2) is 6.10 Å². The van der Waals surface area contributed by atoms with Gasteiger partial charge in [-0.3, -0.25) is 4.79 Å². The second-order valence-corrected chi connectivity index (χ2v) is 7.94. The molecule has 0 aliphatic rings. The van der Waals surface area contributed by atoms with E-state index in [2.05, 4.69) is 16.4 Å². The second-order valence-electron chi connectivity index (χ2n) is 7.94. The highest BCUT2D eigenvalue weighted by molar-refractivity contribution is 5.89. The lowest BCUT2D eigenvalue weighted by atomic mass is 10.0. The van der Waals surface area contributed by atoms with Gasteiger partial charge in [0.2, 0.25) is 0 Å². The monoisotopic (exact) mass is 418 g/mol. The molecule has 1 atom stereocenters. The molecule has 2 N–H and O–H groups in total. The lowest BCUT2D eigenvalue weighted by Gasteiger charge is -2.18. The van der Waals surface area contributed by atoms with Gasteiger partial charge >= 0.3 is 5.63 Å².